The van der Waals surface area contributed by atoms with Crippen LogP contribution in [0.25, 0.3) is 6.08 Å². The highest BCUT2D eigenvalue weighted by atomic mass is 16.5. The molecular weight excluding hydrogens is 332 g/mol. The van der Waals surface area contributed by atoms with Gasteiger partial charge in [0.15, 0.2) is 0 Å². The van der Waals surface area contributed by atoms with Crippen molar-refractivity contribution < 1.29 is 24.4 Å². The zero-order valence-electron chi connectivity index (χ0n) is 15.0. The second kappa shape index (κ2) is 5.95. The summed E-state index contributed by atoms with van der Waals surface area (Å²) in [6.45, 7) is 3.98. The Bertz CT molecular complexity index is 867. The predicted octanol–water partition coefficient (Wildman–Crippen LogP) is 3.62. The van der Waals surface area contributed by atoms with Gasteiger partial charge in [-0.25, -0.2) is 0 Å². The average Bonchev–Trinajstić information content (AvgIpc) is 2.60. The number of fused-ring (bicyclic) bond motifs is 3. The summed E-state index contributed by atoms with van der Waals surface area (Å²) >= 11 is 0. The van der Waals surface area contributed by atoms with Gasteiger partial charge in [0, 0.05) is 18.1 Å². The van der Waals surface area contributed by atoms with E-state index in [4.69, 9.17) is 14.2 Å². The fourth-order valence-corrected chi connectivity index (χ4v) is 3.50. The van der Waals surface area contributed by atoms with Crippen LogP contribution in [0.1, 0.15) is 36.6 Å². The zero-order chi connectivity index (χ0) is 18.5. The maximum Gasteiger partial charge on any atom is 0.150 e. The SMILES string of the molecule is COc1cc2c(c3c1CC(O)C(c1ccc(O)cc1)O3)C=CC(C)(C)O2. The minimum absolute atomic E-state index is 0.178. The van der Waals surface area contributed by atoms with Gasteiger partial charge in [-0.1, -0.05) is 12.1 Å². The van der Waals surface area contributed by atoms with Crippen LogP contribution in [0.5, 0.6) is 23.0 Å². The minimum atomic E-state index is -0.719. The van der Waals surface area contributed by atoms with Gasteiger partial charge in [0.25, 0.3) is 0 Å². The molecule has 2 atom stereocenters. The van der Waals surface area contributed by atoms with Crippen LogP contribution in [-0.2, 0) is 6.42 Å². The first-order valence-electron chi connectivity index (χ1n) is 8.64. The standard InChI is InChI=1S/C21H22O5/c1-21(2)9-8-14-18(26-21)11-17(24-3)15-10-16(23)19(25-20(14)15)12-4-6-13(22)7-5-12/h4-9,11,16,19,22-23H,10H2,1-3H3. The quantitative estimate of drug-likeness (QED) is 0.862. The van der Waals surface area contributed by atoms with Crippen molar-refractivity contribution >= 4 is 6.08 Å². The third kappa shape index (κ3) is 2.78. The number of hydrogen-bond donors (Lipinski definition) is 2. The van der Waals surface area contributed by atoms with Gasteiger partial charge in [0.2, 0.25) is 0 Å². The number of phenolic OH excluding ortho intramolecular Hbond substituents is 1. The number of methoxy groups -OCH3 is 1. The molecule has 0 aromatic heterocycles. The van der Waals surface area contributed by atoms with Crippen LogP contribution in [0.4, 0.5) is 0 Å². The monoisotopic (exact) mass is 354 g/mol. The molecule has 2 N–H and O–H groups in total. The van der Waals surface area contributed by atoms with Gasteiger partial charge >= 0.3 is 0 Å². The Hall–Kier alpha value is -2.66. The first-order chi connectivity index (χ1) is 12.4. The normalized spacial score (nSPS) is 22.6. The lowest BCUT2D eigenvalue weighted by molar-refractivity contribution is 0.0191. The van der Waals surface area contributed by atoms with Gasteiger partial charge in [-0.05, 0) is 43.7 Å². The molecule has 2 aromatic carbocycles. The molecule has 2 aliphatic heterocycles. The van der Waals surface area contributed by atoms with Gasteiger partial charge < -0.3 is 24.4 Å². The lowest BCUT2D eigenvalue weighted by Crippen LogP contribution is -2.32. The van der Waals surface area contributed by atoms with E-state index in [2.05, 4.69) is 0 Å². The van der Waals surface area contributed by atoms with Crippen LogP contribution in [0.2, 0.25) is 0 Å². The molecule has 0 aliphatic carbocycles. The van der Waals surface area contributed by atoms with E-state index in [0.29, 0.717) is 23.7 Å². The van der Waals surface area contributed by atoms with E-state index in [1.54, 1.807) is 31.4 Å². The minimum Gasteiger partial charge on any atom is -0.508 e. The lowest BCUT2D eigenvalue weighted by Gasteiger charge is -2.35. The van der Waals surface area contributed by atoms with E-state index < -0.39 is 17.8 Å². The maximum absolute atomic E-state index is 10.7. The Kier molecular flexibility index (Phi) is 3.84. The molecule has 26 heavy (non-hydrogen) atoms. The van der Waals surface area contributed by atoms with E-state index >= 15 is 0 Å². The Morgan fingerprint density at radius 1 is 1.19 bits per heavy atom. The van der Waals surface area contributed by atoms with Crippen molar-refractivity contribution in [2.45, 2.75) is 38.1 Å². The topological polar surface area (TPSA) is 68.2 Å². The van der Waals surface area contributed by atoms with Crippen molar-refractivity contribution in [3.8, 4) is 23.0 Å². The van der Waals surface area contributed by atoms with Gasteiger partial charge in [-0.15, -0.1) is 0 Å². The molecule has 5 heteroatoms. The Labute approximate surface area is 152 Å². The highest BCUT2D eigenvalue weighted by molar-refractivity contribution is 5.72. The largest absolute Gasteiger partial charge is 0.508 e. The van der Waals surface area contributed by atoms with Gasteiger partial charge in [-0.3, -0.25) is 0 Å². The summed E-state index contributed by atoms with van der Waals surface area (Å²) in [4.78, 5) is 0. The molecule has 2 unspecified atom stereocenters. The zero-order valence-corrected chi connectivity index (χ0v) is 15.0. The number of hydrogen-bond acceptors (Lipinski definition) is 5. The van der Waals surface area contributed by atoms with E-state index in [9.17, 15) is 10.2 Å². The van der Waals surface area contributed by atoms with Crippen molar-refractivity contribution in [3.05, 3.63) is 53.1 Å². The van der Waals surface area contributed by atoms with Crippen LogP contribution < -0.4 is 14.2 Å². The third-order valence-electron chi connectivity index (χ3n) is 4.82. The molecule has 0 spiro atoms. The summed E-state index contributed by atoms with van der Waals surface area (Å²) in [5.74, 6) is 2.20. The fourth-order valence-electron chi connectivity index (χ4n) is 3.50. The van der Waals surface area contributed by atoms with Crippen molar-refractivity contribution in [2.75, 3.05) is 7.11 Å². The summed E-state index contributed by atoms with van der Waals surface area (Å²) in [5, 5.41) is 20.2. The third-order valence-corrected chi connectivity index (χ3v) is 4.82. The predicted molar refractivity (Wildman–Crippen MR) is 97.9 cm³/mol. The number of rotatable bonds is 2. The Balaban J connectivity index is 1.81. The first-order valence-corrected chi connectivity index (χ1v) is 8.64. The van der Waals surface area contributed by atoms with Crippen molar-refractivity contribution in [2.24, 2.45) is 0 Å². The summed E-state index contributed by atoms with van der Waals surface area (Å²) in [6, 6.07) is 8.56. The average molecular weight is 354 g/mol. The number of aliphatic hydroxyl groups is 1. The van der Waals surface area contributed by atoms with Crippen LogP contribution in [0.15, 0.2) is 36.4 Å². The molecule has 136 valence electrons. The lowest BCUT2D eigenvalue weighted by atomic mass is 9.90. The van der Waals surface area contributed by atoms with E-state index in [0.717, 1.165) is 16.7 Å². The van der Waals surface area contributed by atoms with Gasteiger partial charge in [-0.2, -0.15) is 0 Å². The highest BCUT2D eigenvalue weighted by Crippen LogP contribution is 2.48. The van der Waals surface area contributed by atoms with Crippen LogP contribution in [0.3, 0.4) is 0 Å². The molecule has 0 bridgehead atoms. The van der Waals surface area contributed by atoms with Crippen LogP contribution >= 0.6 is 0 Å². The van der Waals surface area contributed by atoms with Crippen molar-refractivity contribution in [3.63, 3.8) is 0 Å². The highest BCUT2D eigenvalue weighted by Gasteiger charge is 2.36. The molecule has 5 nitrogen and oxygen atoms in total. The molecule has 2 aliphatic rings. The molecule has 0 saturated heterocycles. The van der Waals surface area contributed by atoms with Crippen LogP contribution in [0, 0.1) is 0 Å². The van der Waals surface area contributed by atoms with Gasteiger partial charge in [0.05, 0.1) is 18.8 Å². The summed E-state index contributed by atoms with van der Waals surface area (Å²) in [5.41, 5.74) is 2.09. The molecule has 0 amide bonds. The smallest absolute Gasteiger partial charge is 0.150 e. The molecule has 2 heterocycles. The Morgan fingerprint density at radius 2 is 1.92 bits per heavy atom. The Morgan fingerprint density at radius 3 is 2.62 bits per heavy atom. The molecular formula is C21H22O5. The first kappa shape index (κ1) is 16.8. The summed E-state index contributed by atoms with van der Waals surface area (Å²) < 4.78 is 17.8. The van der Waals surface area contributed by atoms with Crippen molar-refractivity contribution in [1.29, 1.82) is 0 Å². The van der Waals surface area contributed by atoms with Crippen LogP contribution in [-0.4, -0.2) is 29.0 Å². The molecule has 2 aromatic rings. The van der Waals surface area contributed by atoms with Crippen molar-refractivity contribution in [1.82, 2.24) is 0 Å². The fraction of sp³-hybridized carbons (Fsp3) is 0.333. The molecule has 0 saturated carbocycles. The molecule has 0 radical (unpaired) electrons. The van der Waals surface area contributed by atoms with Gasteiger partial charge in [0.1, 0.15) is 34.7 Å². The number of ether oxygens (including phenoxy) is 3. The number of phenols is 1. The number of aliphatic hydroxyl groups excluding tert-OH is 1. The molecule has 4 rings (SSSR count). The number of benzene rings is 2. The van der Waals surface area contributed by atoms with E-state index in [1.165, 1.54) is 0 Å². The maximum atomic E-state index is 10.7. The van der Waals surface area contributed by atoms with E-state index in [-0.39, 0.29) is 5.75 Å². The summed E-state index contributed by atoms with van der Waals surface area (Å²) in [7, 11) is 1.60. The second-order valence-electron chi connectivity index (χ2n) is 7.24. The molecule has 0 fully saturated rings. The number of aromatic hydroxyl groups is 1. The summed E-state index contributed by atoms with van der Waals surface area (Å²) in [6.07, 6.45) is 3.16. The second-order valence-corrected chi connectivity index (χ2v) is 7.24. The van der Waals surface area contributed by atoms with E-state index in [1.807, 2.05) is 32.1 Å².